The molecule has 1 rings (SSSR count). The van der Waals surface area contributed by atoms with Crippen LogP contribution in [0.4, 0.5) is 0 Å². The molecule has 0 unspecified atom stereocenters. The van der Waals surface area contributed by atoms with Gasteiger partial charge in [-0.3, -0.25) is 0 Å². The van der Waals surface area contributed by atoms with Gasteiger partial charge in [-0.25, -0.2) is 16.8 Å². The fourth-order valence-electron chi connectivity index (χ4n) is 1.69. The SMILES string of the molecule is CCCCS(=O)(=O)CCS(=O)(=O)c1cccc(CN)c1. The zero-order valence-electron chi connectivity index (χ0n) is 11.6. The lowest BCUT2D eigenvalue weighted by Gasteiger charge is -2.07. The number of rotatable bonds is 8. The van der Waals surface area contributed by atoms with Crippen LogP contribution in [0.2, 0.25) is 0 Å². The zero-order chi connectivity index (χ0) is 15.2. The van der Waals surface area contributed by atoms with Crippen LogP contribution in [-0.2, 0) is 26.2 Å². The summed E-state index contributed by atoms with van der Waals surface area (Å²) in [6.45, 7) is 2.14. The average Bonchev–Trinajstić information content (AvgIpc) is 2.43. The summed E-state index contributed by atoms with van der Waals surface area (Å²) in [7, 11) is -6.89. The highest BCUT2D eigenvalue weighted by Gasteiger charge is 2.19. The van der Waals surface area contributed by atoms with Crippen LogP contribution < -0.4 is 5.73 Å². The molecule has 0 bridgehead atoms. The molecular formula is C13H21NO4S2. The topological polar surface area (TPSA) is 94.3 Å². The Hall–Kier alpha value is -0.920. The van der Waals surface area contributed by atoms with Gasteiger partial charge in [-0.2, -0.15) is 0 Å². The fraction of sp³-hybridized carbons (Fsp3) is 0.538. The molecule has 114 valence electrons. The van der Waals surface area contributed by atoms with E-state index < -0.39 is 19.7 Å². The van der Waals surface area contributed by atoms with E-state index >= 15 is 0 Å². The third-order valence-corrected chi connectivity index (χ3v) is 6.67. The molecule has 0 aliphatic carbocycles. The largest absolute Gasteiger partial charge is 0.326 e. The van der Waals surface area contributed by atoms with E-state index in [-0.39, 0.29) is 28.7 Å². The van der Waals surface area contributed by atoms with E-state index in [9.17, 15) is 16.8 Å². The van der Waals surface area contributed by atoms with Crippen LogP contribution in [0, 0.1) is 0 Å². The van der Waals surface area contributed by atoms with E-state index in [0.29, 0.717) is 12.0 Å². The van der Waals surface area contributed by atoms with Gasteiger partial charge < -0.3 is 5.73 Å². The lowest BCUT2D eigenvalue weighted by atomic mass is 10.2. The molecule has 1 aromatic carbocycles. The van der Waals surface area contributed by atoms with Gasteiger partial charge in [0.15, 0.2) is 19.7 Å². The van der Waals surface area contributed by atoms with Crippen LogP contribution in [0.25, 0.3) is 0 Å². The van der Waals surface area contributed by atoms with Crippen molar-refractivity contribution < 1.29 is 16.8 Å². The molecule has 0 fully saturated rings. The lowest BCUT2D eigenvalue weighted by molar-refractivity contribution is 0.585. The molecule has 20 heavy (non-hydrogen) atoms. The van der Waals surface area contributed by atoms with Crippen molar-refractivity contribution in [2.75, 3.05) is 17.3 Å². The summed E-state index contributed by atoms with van der Waals surface area (Å²) >= 11 is 0. The van der Waals surface area contributed by atoms with Gasteiger partial charge in [-0.15, -0.1) is 0 Å². The first-order chi connectivity index (χ1) is 9.30. The Morgan fingerprint density at radius 1 is 1.05 bits per heavy atom. The van der Waals surface area contributed by atoms with Crippen molar-refractivity contribution in [3.63, 3.8) is 0 Å². The number of benzene rings is 1. The minimum atomic E-state index is -3.59. The summed E-state index contributed by atoms with van der Waals surface area (Å²) in [6.07, 6.45) is 1.33. The number of sulfone groups is 2. The highest BCUT2D eigenvalue weighted by Crippen LogP contribution is 2.14. The van der Waals surface area contributed by atoms with Crippen molar-refractivity contribution in [3.05, 3.63) is 29.8 Å². The summed E-state index contributed by atoms with van der Waals surface area (Å²) in [5, 5.41) is 0. The maximum Gasteiger partial charge on any atom is 0.179 e. The first kappa shape index (κ1) is 17.1. The lowest BCUT2D eigenvalue weighted by Crippen LogP contribution is -2.20. The molecule has 0 aromatic heterocycles. The van der Waals surface area contributed by atoms with Crippen LogP contribution in [0.1, 0.15) is 25.3 Å². The molecule has 0 saturated heterocycles. The molecule has 0 aliphatic rings. The van der Waals surface area contributed by atoms with Crippen LogP contribution in [0.15, 0.2) is 29.2 Å². The predicted molar refractivity (Wildman–Crippen MR) is 79.9 cm³/mol. The second-order valence-corrected chi connectivity index (χ2v) is 9.09. The Balaban J connectivity index is 2.80. The molecular weight excluding hydrogens is 298 g/mol. The zero-order valence-corrected chi connectivity index (χ0v) is 13.2. The second kappa shape index (κ2) is 7.19. The number of nitrogens with two attached hydrogens (primary N) is 1. The van der Waals surface area contributed by atoms with Crippen molar-refractivity contribution in [1.29, 1.82) is 0 Å². The third kappa shape index (κ3) is 5.22. The summed E-state index contributed by atoms with van der Waals surface area (Å²) in [4.78, 5) is 0.131. The van der Waals surface area contributed by atoms with Gasteiger partial charge in [-0.05, 0) is 24.1 Å². The maximum absolute atomic E-state index is 12.1. The van der Waals surface area contributed by atoms with Crippen LogP contribution in [0.3, 0.4) is 0 Å². The fourth-order valence-corrected chi connectivity index (χ4v) is 5.37. The Labute approximate surface area is 121 Å². The summed E-state index contributed by atoms with van der Waals surface area (Å²) in [6, 6.07) is 6.30. The maximum atomic E-state index is 12.1. The summed E-state index contributed by atoms with van der Waals surface area (Å²) < 4.78 is 47.6. The highest BCUT2D eigenvalue weighted by atomic mass is 32.2. The highest BCUT2D eigenvalue weighted by molar-refractivity contribution is 7.95. The molecule has 7 heteroatoms. The minimum Gasteiger partial charge on any atom is -0.326 e. The van der Waals surface area contributed by atoms with E-state index in [2.05, 4.69) is 0 Å². The molecule has 0 heterocycles. The number of hydrogen-bond donors (Lipinski definition) is 1. The van der Waals surface area contributed by atoms with Crippen molar-refractivity contribution in [2.45, 2.75) is 31.2 Å². The second-order valence-electron chi connectivity index (χ2n) is 4.68. The first-order valence-corrected chi connectivity index (χ1v) is 10.0. The Bertz CT molecular complexity index is 636. The normalized spacial score (nSPS) is 12.5. The van der Waals surface area contributed by atoms with Gasteiger partial charge >= 0.3 is 0 Å². The molecule has 0 amide bonds. The Morgan fingerprint density at radius 2 is 1.75 bits per heavy atom. The molecule has 2 N–H and O–H groups in total. The van der Waals surface area contributed by atoms with E-state index in [0.717, 1.165) is 6.42 Å². The van der Waals surface area contributed by atoms with Crippen LogP contribution in [0.5, 0.6) is 0 Å². The summed E-state index contributed by atoms with van der Waals surface area (Å²) in [5.41, 5.74) is 6.18. The van der Waals surface area contributed by atoms with Crippen molar-refractivity contribution in [2.24, 2.45) is 5.73 Å². The van der Waals surface area contributed by atoms with Gasteiger partial charge in [-0.1, -0.05) is 25.5 Å². The minimum absolute atomic E-state index is 0.0435. The van der Waals surface area contributed by atoms with Crippen molar-refractivity contribution in [1.82, 2.24) is 0 Å². The quantitative estimate of drug-likeness (QED) is 0.775. The van der Waals surface area contributed by atoms with Gasteiger partial charge in [0, 0.05) is 6.54 Å². The van der Waals surface area contributed by atoms with Crippen molar-refractivity contribution in [3.8, 4) is 0 Å². The van der Waals surface area contributed by atoms with E-state index in [1.807, 2.05) is 6.92 Å². The molecule has 0 aliphatic heterocycles. The monoisotopic (exact) mass is 319 g/mol. The average molecular weight is 319 g/mol. The van der Waals surface area contributed by atoms with Gasteiger partial charge in [0.25, 0.3) is 0 Å². The van der Waals surface area contributed by atoms with Crippen LogP contribution >= 0.6 is 0 Å². The Morgan fingerprint density at radius 3 is 2.35 bits per heavy atom. The van der Waals surface area contributed by atoms with Crippen LogP contribution in [-0.4, -0.2) is 34.1 Å². The van der Waals surface area contributed by atoms with Crippen molar-refractivity contribution >= 4 is 19.7 Å². The van der Waals surface area contributed by atoms with E-state index in [1.54, 1.807) is 12.1 Å². The molecule has 5 nitrogen and oxygen atoms in total. The molecule has 0 spiro atoms. The van der Waals surface area contributed by atoms with E-state index in [1.165, 1.54) is 12.1 Å². The standard InChI is InChI=1S/C13H21NO4S2/c1-2-3-7-19(15,16)8-9-20(17,18)13-6-4-5-12(10-13)11-14/h4-6,10H,2-3,7-9,11,14H2,1H3. The molecule has 0 radical (unpaired) electrons. The Kier molecular flexibility index (Phi) is 6.16. The molecule has 0 saturated carbocycles. The van der Waals surface area contributed by atoms with Gasteiger partial charge in [0.05, 0.1) is 22.2 Å². The van der Waals surface area contributed by atoms with Gasteiger partial charge in [0.1, 0.15) is 0 Å². The number of hydrogen-bond acceptors (Lipinski definition) is 5. The van der Waals surface area contributed by atoms with Gasteiger partial charge in [0.2, 0.25) is 0 Å². The number of unbranched alkanes of at least 4 members (excludes halogenated alkanes) is 1. The first-order valence-electron chi connectivity index (χ1n) is 6.53. The van der Waals surface area contributed by atoms with E-state index in [4.69, 9.17) is 5.73 Å². The third-order valence-electron chi connectivity index (χ3n) is 2.97. The summed E-state index contributed by atoms with van der Waals surface area (Å²) in [5.74, 6) is -0.670. The molecule has 1 aromatic rings. The smallest absolute Gasteiger partial charge is 0.179 e. The molecule has 0 atom stereocenters. The predicted octanol–water partition coefficient (Wildman–Crippen LogP) is 1.13.